The number of alkyl halides is 6. The Labute approximate surface area is 79.8 Å². The summed E-state index contributed by atoms with van der Waals surface area (Å²) in [4.78, 5) is 0. The van der Waals surface area contributed by atoms with Crippen LogP contribution in [0.2, 0.25) is 0 Å². The predicted octanol–water partition coefficient (Wildman–Crippen LogP) is 2.61. The van der Waals surface area contributed by atoms with Crippen molar-refractivity contribution in [3.8, 4) is 0 Å². The molecule has 0 aromatic heterocycles. The summed E-state index contributed by atoms with van der Waals surface area (Å²) in [6.45, 7) is 0. The number of halogens is 6. The third-order valence-electron chi connectivity index (χ3n) is 1.59. The maximum atomic E-state index is 13.0. The Kier molecular flexibility index (Phi) is 3.25. The molecule has 0 saturated carbocycles. The molecule has 0 N–H and O–H groups in total. The molecule has 0 aromatic carbocycles. The molecule has 84 valence electrons. The summed E-state index contributed by atoms with van der Waals surface area (Å²) in [5, 5.41) is 0. The summed E-state index contributed by atoms with van der Waals surface area (Å²) in [7, 11) is 0. The molecular weight excluding hydrogens is 234 g/mol. The minimum Gasteiger partial charge on any atom is -0.298 e. The quantitative estimate of drug-likeness (QED) is 0.686. The van der Waals surface area contributed by atoms with Gasteiger partial charge in [0.15, 0.2) is 0 Å². The van der Waals surface area contributed by atoms with Gasteiger partial charge in [0.25, 0.3) is 24.6 Å². The van der Waals surface area contributed by atoms with Crippen molar-refractivity contribution in [2.75, 3.05) is 11.5 Å². The zero-order chi connectivity index (χ0) is 11.0. The molecule has 1 fully saturated rings. The van der Waals surface area contributed by atoms with E-state index in [0.717, 1.165) is 0 Å². The Morgan fingerprint density at radius 3 is 1.57 bits per heavy atom. The second kappa shape index (κ2) is 3.80. The normalized spacial score (nSPS) is 39.4. The van der Waals surface area contributed by atoms with Crippen LogP contribution in [0.3, 0.4) is 0 Å². The molecule has 1 aliphatic heterocycles. The fourth-order valence-corrected chi connectivity index (χ4v) is 1.91. The van der Waals surface area contributed by atoms with E-state index in [1.807, 2.05) is 0 Å². The van der Waals surface area contributed by atoms with Gasteiger partial charge in [-0.25, -0.2) is 26.3 Å². The average Bonchev–Trinajstić information content (AvgIpc) is 2.03. The maximum Gasteiger partial charge on any atom is 0.297 e. The van der Waals surface area contributed by atoms with Gasteiger partial charge < -0.3 is 0 Å². The molecule has 1 nitrogen and oxygen atoms in total. The van der Waals surface area contributed by atoms with E-state index in [4.69, 9.17) is 0 Å². The van der Waals surface area contributed by atoms with Crippen LogP contribution in [0.25, 0.3) is 0 Å². The second-order valence-corrected chi connectivity index (χ2v) is 3.75. The lowest BCUT2D eigenvalue weighted by atomic mass is 10.3. The zero-order valence-corrected chi connectivity index (χ0v) is 7.47. The van der Waals surface area contributed by atoms with Gasteiger partial charge in [-0.15, -0.1) is 11.8 Å². The van der Waals surface area contributed by atoms with E-state index in [0.29, 0.717) is 11.8 Å². The van der Waals surface area contributed by atoms with Gasteiger partial charge in [0.1, 0.15) is 0 Å². The minimum atomic E-state index is -3.65. The average molecular weight is 240 g/mol. The molecule has 1 heterocycles. The molecule has 1 saturated heterocycles. The molecule has 0 radical (unpaired) electrons. The van der Waals surface area contributed by atoms with E-state index in [1.54, 1.807) is 0 Å². The highest BCUT2D eigenvalue weighted by Crippen LogP contribution is 2.42. The number of thioether (sulfide) groups is 1. The van der Waals surface area contributed by atoms with Crippen LogP contribution in [0, 0.1) is 0 Å². The van der Waals surface area contributed by atoms with E-state index < -0.39 is 36.1 Å². The summed E-state index contributed by atoms with van der Waals surface area (Å²) in [5.74, 6) is -8.98. The van der Waals surface area contributed by atoms with Gasteiger partial charge in [-0.1, -0.05) is 0 Å². The Bertz CT molecular complexity index is 194. The smallest absolute Gasteiger partial charge is 0.297 e. The maximum absolute atomic E-state index is 13.0. The van der Waals surface area contributed by atoms with E-state index in [2.05, 4.69) is 4.74 Å². The second-order valence-electron chi connectivity index (χ2n) is 2.77. The van der Waals surface area contributed by atoms with Crippen molar-refractivity contribution in [1.29, 1.82) is 0 Å². The molecule has 0 aromatic rings. The fourth-order valence-electron chi connectivity index (χ4n) is 0.885. The van der Waals surface area contributed by atoms with E-state index in [1.165, 1.54) is 0 Å². The highest BCUT2D eigenvalue weighted by atomic mass is 32.2. The first-order chi connectivity index (χ1) is 6.30. The van der Waals surface area contributed by atoms with Crippen molar-refractivity contribution in [3.05, 3.63) is 0 Å². The Morgan fingerprint density at radius 1 is 0.929 bits per heavy atom. The van der Waals surface area contributed by atoms with Crippen LogP contribution >= 0.6 is 11.8 Å². The highest BCUT2D eigenvalue weighted by molar-refractivity contribution is 7.99. The lowest BCUT2D eigenvalue weighted by Crippen LogP contribution is -2.54. The van der Waals surface area contributed by atoms with Crippen molar-refractivity contribution in [2.24, 2.45) is 0 Å². The topological polar surface area (TPSA) is 9.23 Å². The molecule has 0 spiro atoms. The first-order valence-electron chi connectivity index (χ1n) is 3.52. The fraction of sp³-hybridized carbons (Fsp3) is 1.00. The van der Waals surface area contributed by atoms with Gasteiger partial charge in [0, 0.05) is 0 Å². The molecule has 0 aliphatic carbocycles. The van der Waals surface area contributed by atoms with E-state index >= 15 is 0 Å². The third-order valence-corrected chi connectivity index (χ3v) is 2.78. The van der Waals surface area contributed by atoms with Crippen molar-refractivity contribution in [3.63, 3.8) is 0 Å². The number of hydrogen-bond acceptors (Lipinski definition) is 2. The van der Waals surface area contributed by atoms with Gasteiger partial charge in [0.2, 0.25) is 0 Å². The predicted molar refractivity (Wildman–Crippen MR) is 38.1 cm³/mol. The monoisotopic (exact) mass is 240 g/mol. The SMILES string of the molecule is FC(F)C1(F)CSCC(F)(C(F)F)O1. The number of ether oxygens (including phenoxy) is 1. The summed E-state index contributed by atoms with van der Waals surface area (Å²) >= 11 is 0.330. The third kappa shape index (κ3) is 2.10. The minimum absolute atomic E-state index is 0.330. The van der Waals surface area contributed by atoms with Crippen LogP contribution in [0.4, 0.5) is 26.3 Å². The van der Waals surface area contributed by atoms with Crippen LogP contribution in [-0.4, -0.2) is 36.1 Å². The summed E-state index contributed by atoms with van der Waals surface area (Å²) in [6, 6.07) is 0. The molecule has 1 rings (SSSR count). The first kappa shape index (κ1) is 12.0. The summed E-state index contributed by atoms with van der Waals surface area (Å²) < 4.78 is 77.4. The van der Waals surface area contributed by atoms with Gasteiger partial charge in [-0.05, 0) is 0 Å². The molecule has 0 bridgehead atoms. The Balaban J connectivity index is 2.78. The van der Waals surface area contributed by atoms with Crippen LogP contribution in [0.15, 0.2) is 0 Å². The largest absolute Gasteiger partial charge is 0.298 e. The summed E-state index contributed by atoms with van der Waals surface area (Å²) in [5.41, 5.74) is 0. The van der Waals surface area contributed by atoms with Gasteiger partial charge in [-0.3, -0.25) is 4.74 Å². The van der Waals surface area contributed by atoms with Gasteiger partial charge >= 0.3 is 0 Å². The molecule has 14 heavy (non-hydrogen) atoms. The van der Waals surface area contributed by atoms with Gasteiger partial charge in [-0.2, -0.15) is 0 Å². The first-order valence-corrected chi connectivity index (χ1v) is 4.68. The molecule has 1 aliphatic rings. The molecular formula is C6H6F6OS. The van der Waals surface area contributed by atoms with Crippen molar-refractivity contribution in [2.45, 2.75) is 24.6 Å². The highest BCUT2D eigenvalue weighted by Gasteiger charge is 2.57. The van der Waals surface area contributed by atoms with Crippen LogP contribution in [-0.2, 0) is 4.74 Å². The number of hydrogen-bond donors (Lipinski definition) is 0. The van der Waals surface area contributed by atoms with Crippen LogP contribution in [0.5, 0.6) is 0 Å². The molecule has 8 heteroatoms. The Morgan fingerprint density at radius 2 is 1.29 bits per heavy atom. The van der Waals surface area contributed by atoms with Crippen molar-refractivity contribution < 1.29 is 31.1 Å². The number of rotatable bonds is 2. The molecule has 0 amide bonds. The van der Waals surface area contributed by atoms with Crippen LogP contribution < -0.4 is 0 Å². The van der Waals surface area contributed by atoms with Crippen molar-refractivity contribution in [1.82, 2.24) is 0 Å². The molecule has 2 unspecified atom stereocenters. The zero-order valence-electron chi connectivity index (χ0n) is 6.65. The Hall–Kier alpha value is -0.110. The van der Waals surface area contributed by atoms with Gasteiger partial charge in [0.05, 0.1) is 11.5 Å². The van der Waals surface area contributed by atoms with Crippen LogP contribution in [0.1, 0.15) is 0 Å². The lowest BCUT2D eigenvalue weighted by Gasteiger charge is -2.37. The standard InChI is InChI=1S/C6H6F6OS/c7-3(8)5(11)1-14-2-6(12,13-5)4(9)10/h3-4H,1-2H2. The summed E-state index contributed by atoms with van der Waals surface area (Å²) in [6.07, 6.45) is -7.30. The van der Waals surface area contributed by atoms with Crippen molar-refractivity contribution >= 4 is 11.8 Å². The molecule has 2 atom stereocenters. The van der Waals surface area contributed by atoms with E-state index in [9.17, 15) is 26.3 Å². The van der Waals surface area contributed by atoms with E-state index in [-0.39, 0.29) is 0 Å². The lowest BCUT2D eigenvalue weighted by molar-refractivity contribution is -0.329.